The van der Waals surface area contributed by atoms with Gasteiger partial charge in [0.1, 0.15) is 0 Å². The second-order valence-corrected chi connectivity index (χ2v) is 2.78. The van der Waals surface area contributed by atoms with E-state index in [-0.39, 0.29) is 19.2 Å². The Bertz CT molecular complexity index is 115. The minimum Gasteiger partial charge on any atom is -0.395 e. The molecule has 4 unspecified atom stereocenters. The van der Waals surface area contributed by atoms with Gasteiger partial charge in [0.25, 0.3) is 0 Å². The summed E-state index contributed by atoms with van der Waals surface area (Å²) in [5.74, 6) is 0. The van der Waals surface area contributed by atoms with Crippen molar-refractivity contribution in [2.75, 3.05) is 13.2 Å². The van der Waals surface area contributed by atoms with Gasteiger partial charge in [-0.2, -0.15) is 0 Å². The third kappa shape index (κ3) is 1.52. The highest BCUT2D eigenvalue weighted by Crippen LogP contribution is 2.12. The summed E-state index contributed by atoms with van der Waals surface area (Å²) in [4.78, 5) is 0. The molecule has 11 heavy (non-hydrogen) atoms. The minimum absolute atomic E-state index is 0.186. The Morgan fingerprint density at radius 2 is 1.73 bits per heavy atom. The molecule has 5 nitrogen and oxygen atoms in total. The number of rotatable bonds is 2. The Morgan fingerprint density at radius 1 is 1.18 bits per heavy atom. The number of nitrogens with one attached hydrogen (secondary N) is 1. The zero-order chi connectivity index (χ0) is 8.43. The van der Waals surface area contributed by atoms with E-state index < -0.39 is 18.2 Å². The van der Waals surface area contributed by atoms with Gasteiger partial charge in [-0.25, -0.2) is 0 Å². The molecule has 1 saturated heterocycles. The summed E-state index contributed by atoms with van der Waals surface area (Å²) in [7, 11) is 0. The van der Waals surface area contributed by atoms with Crippen molar-refractivity contribution in [2.45, 2.75) is 24.3 Å². The first-order valence-electron chi connectivity index (χ1n) is 3.63. The van der Waals surface area contributed by atoms with E-state index in [1.165, 1.54) is 0 Å². The molecule has 0 aliphatic carbocycles. The summed E-state index contributed by atoms with van der Waals surface area (Å²) in [6.45, 7) is 0.0729. The second-order valence-electron chi connectivity index (χ2n) is 2.78. The van der Waals surface area contributed by atoms with Crippen LogP contribution in [-0.4, -0.2) is 52.8 Å². The lowest BCUT2D eigenvalue weighted by Crippen LogP contribution is -2.40. The van der Waals surface area contributed by atoms with Gasteiger partial charge in [0.05, 0.1) is 24.9 Å². The van der Waals surface area contributed by atoms with E-state index in [4.69, 9.17) is 10.8 Å². The molecule has 0 saturated carbocycles. The Kier molecular flexibility index (Phi) is 2.80. The van der Waals surface area contributed by atoms with E-state index in [1.54, 1.807) is 0 Å². The molecule has 0 amide bonds. The van der Waals surface area contributed by atoms with Crippen molar-refractivity contribution in [1.29, 1.82) is 0 Å². The fourth-order valence-electron chi connectivity index (χ4n) is 1.32. The predicted molar refractivity (Wildman–Crippen MR) is 38.9 cm³/mol. The summed E-state index contributed by atoms with van der Waals surface area (Å²) in [5.41, 5.74) is 5.29. The maximum Gasteiger partial charge on any atom is 0.0989 e. The van der Waals surface area contributed by atoms with E-state index in [2.05, 4.69) is 5.32 Å². The van der Waals surface area contributed by atoms with Gasteiger partial charge in [0.15, 0.2) is 0 Å². The maximum atomic E-state index is 9.26. The van der Waals surface area contributed by atoms with Crippen LogP contribution in [0.5, 0.6) is 0 Å². The fraction of sp³-hybridized carbons (Fsp3) is 1.00. The highest BCUT2D eigenvalue weighted by Gasteiger charge is 2.39. The molecule has 4 atom stereocenters. The SMILES string of the molecule is NCC1NC(CO)C(O)C1O. The zero-order valence-electron chi connectivity index (χ0n) is 6.14. The van der Waals surface area contributed by atoms with E-state index in [1.807, 2.05) is 0 Å². The predicted octanol–water partition coefficient (Wildman–Crippen LogP) is -3.00. The second kappa shape index (κ2) is 3.46. The number of hydrogen-bond donors (Lipinski definition) is 5. The molecule has 0 bridgehead atoms. The molecule has 1 heterocycles. The first-order valence-corrected chi connectivity index (χ1v) is 3.63. The van der Waals surface area contributed by atoms with Gasteiger partial charge in [-0.15, -0.1) is 0 Å². The normalized spacial score (nSPS) is 44.7. The van der Waals surface area contributed by atoms with Crippen molar-refractivity contribution < 1.29 is 15.3 Å². The van der Waals surface area contributed by atoms with Gasteiger partial charge >= 0.3 is 0 Å². The topological polar surface area (TPSA) is 98.7 Å². The summed E-state index contributed by atoms with van der Waals surface area (Å²) in [6.07, 6.45) is -1.77. The van der Waals surface area contributed by atoms with Crippen molar-refractivity contribution in [3.8, 4) is 0 Å². The number of hydrogen-bond acceptors (Lipinski definition) is 5. The van der Waals surface area contributed by atoms with Crippen molar-refractivity contribution in [2.24, 2.45) is 5.73 Å². The molecule has 0 spiro atoms. The quantitative estimate of drug-likeness (QED) is 0.298. The molecular formula is C6H14N2O3. The molecular weight excluding hydrogens is 148 g/mol. The van der Waals surface area contributed by atoms with Crippen LogP contribution < -0.4 is 11.1 Å². The molecule has 0 aromatic carbocycles. The van der Waals surface area contributed by atoms with Crippen LogP contribution in [0.4, 0.5) is 0 Å². The van der Waals surface area contributed by atoms with Crippen LogP contribution in [0.1, 0.15) is 0 Å². The van der Waals surface area contributed by atoms with Crippen molar-refractivity contribution in [3.05, 3.63) is 0 Å². The Balaban J connectivity index is 2.53. The molecule has 0 aromatic heterocycles. The van der Waals surface area contributed by atoms with Crippen LogP contribution >= 0.6 is 0 Å². The average molecular weight is 162 g/mol. The van der Waals surface area contributed by atoms with Crippen LogP contribution in [0.15, 0.2) is 0 Å². The smallest absolute Gasteiger partial charge is 0.0989 e. The molecule has 1 rings (SSSR count). The van der Waals surface area contributed by atoms with Gasteiger partial charge in [-0.3, -0.25) is 0 Å². The highest BCUT2D eigenvalue weighted by molar-refractivity contribution is 4.98. The average Bonchev–Trinajstić information content (AvgIpc) is 2.30. The van der Waals surface area contributed by atoms with Gasteiger partial charge in [0, 0.05) is 12.6 Å². The first-order chi connectivity index (χ1) is 5.20. The van der Waals surface area contributed by atoms with Gasteiger partial charge in [0.2, 0.25) is 0 Å². The third-order valence-corrected chi connectivity index (χ3v) is 2.05. The molecule has 6 N–H and O–H groups in total. The van der Waals surface area contributed by atoms with Crippen LogP contribution in [0.25, 0.3) is 0 Å². The summed E-state index contributed by atoms with van der Waals surface area (Å²) in [6, 6.07) is -0.749. The molecule has 5 heteroatoms. The van der Waals surface area contributed by atoms with Gasteiger partial charge in [-0.05, 0) is 0 Å². The zero-order valence-corrected chi connectivity index (χ0v) is 6.14. The molecule has 1 aliphatic rings. The summed E-state index contributed by atoms with van der Waals surface area (Å²) < 4.78 is 0. The molecule has 0 radical (unpaired) electrons. The van der Waals surface area contributed by atoms with Gasteiger partial charge < -0.3 is 26.4 Å². The number of aliphatic hydroxyl groups excluding tert-OH is 3. The lowest BCUT2D eigenvalue weighted by Gasteiger charge is -2.12. The summed E-state index contributed by atoms with van der Waals surface area (Å²) >= 11 is 0. The van der Waals surface area contributed by atoms with Crippen LogP contribution in [-0.2, 0) is 0 Å². The van der Waals surface area contributed by atoms with E-state index in [0.717, 1.165) is 0 Å². The van der Waals surface area contributed by atoms with Crippen molar-refractivity contribution in [3.63, 3.8) is 0 Å². The first kappa shape index (κ1) is 8.89. The third-order valence-electron chi connectivity index (χ3n) is 2.05. The lowest BCUT2D eigenvalue weighted by molar-refractivity contribution is 0.0205. The van der Waals surface area contributed by atoms with E-state index >= 15 is 0 Å². The van der Waals surface area contributed by atoms with Crippen LogP contribution in [0, 0.1) is 0 Å². The molecule has 1 aliphatic heterocycles. The van der Waals surface area contributed by atoms with E-state index in [9.17, 15) is 10.2 Å². The number of aliphatic hydroxyl groups is 3. The molecule has 66 valence electrons. The Labute approximate surface area is 64.8 Å². The summed E-state index contributed by atoms with van der Waals surface area (Å²) in [5, 5.41) is 30.0. The van der Waals surface area contributed by atoms with Crippen molar-refractivity contribution >= 4 is 0 Å². The standard InChI is InChI=1S/C6H14N2O3/c7-1-3-5(10)6(11)4(2-9)8-3/h3-6,8-11H,1-2,7H2. The maximum absolute atomic E-state index is 9.26. The van der Waals surface area contributed by atoms with Gasteiger partial charge in [-0.1, -0.05) is 0 Å². The molecule has 0 aromatic rings. The largest absolute Gasteiger partial charge is 0.395 e. The minimum atomic E-state index is -0.909. The monoisotopic (exact) mass is 162 g/mol. The highest BCUT2D eigenvalue weighted by atomic mass is 16.3. The lowest BCUT2D eigenvalue weighted by atomic mass is 10.1. The van der Waals surface area contributed by atoms with E-state index in [0.29, 0.717) is 0 Å². The Morgan fingerprint density at radius 3 is 2.00 bits per heavy atom. The Hall–Kier alpha value is -0.200. The fourth-order valence-corrected chi connectivity index (χ4v) is 1.32. The number of nitrogens with two attached hydrogens (primary N) is 1. The molecule has 1 fully saturated rings. The van der Waals surface area contributed by atoms with Crippen LogP contribution in [0.3, 0.4) is 0 Å². The van der Waals surface area contributed by atoms with Crippen LogP contribution in [0.2, 0.25) is 0 Å². The van der Waals surface area contributed by atoms with Crippen molar-refractivity contribution in [1.82, 2.24) is 5.32 Å².